The second-order valence-corrected chi connectivity index (χ2v) is 28.9. The maximum atomic E-state index is 13.2. The summed E-state index contributed by atoms with van der Waals surface area (Å²) in [6.07, 6.45) is 33.4. The highest BCUT2D eigenvalue weighted by molar-refractivity contribution is 5.60. The number of carbonyl (C=O) groups is 2. The van der Waals surface area contributed by atoms with Gasteiger partial charge in [-0.05, 0) is 144 Å². The molecule has 0 N–H and O–H groups in total. The van der Waals surface area contributed by atoms with E-state index in [1.54, 1.807) is 0 Å². The predicted molar refractivity (Wildman–Crippen MR) is 316 cm³/mol. The number of hydrogen-bond acceptors (Lipinski definition) is 14. The highest BCUT2D eigenvalue weighted by Gasteiger charge is 2.59. The Kier molecular flexibility index (Phi) is 26.1. The highest BCUT2D eigenvalue weighted by atomic mass is 16.8. The number of unbranched alkanes of at least 4 members (excludes halogenated alkanes) is 16. The SMILES string of the molecule is CCCCCCCCCCCON1C(C)(C)CC2(CC1(C)C)OCC(CC)(COC(=O)OC1CCC(C3CCC(OC(=O)OCC4(CC)COC5(CC(C)(C)N(OCCCCCCCCCCC)C(C)(C)C5)OC4)CC3)CC1)CO2. The second kappa shape index (κ2) is 31.0. The lowest BCUT2D eigenvalue weighted by Gasteiger charge is -2.59. The van der Waals surface area contributed by atoms with E-state index >= 15 is 0 Å². The summed E-state index contributed by atoms with van der Waals surface area (Å²) < 4.78 is 50.5. The second-order valence-electron chi connectivity index (χ2n) is 28.9. The zero-order valence-corrected chi connectivity index (χ0v) is 53.4. The lowest BCUT2D eigenvalue weighted by molar-refractivity contribution is -0.384. The average molecular weight is 1130 g/mol. The maximum Gasteiger partial charge on any atom is 0.508 e. The molecule has 466 valence electrons. The molecule has 4 heterocycles. The van der Waals surface area contributed by atoms with E-state index in [0.29, 0.717) is 63.9 Å². The highest BCUT2D eigenvalue weighted by Crippen LogP contribution is 2.51. The third kappa shape index (κ3) is 19.6. The van der Waals surface area contributed by atoms with Gasteiger partial charge < -0.3 is 37.9 Å². The van der Waals surface area contributed by atoms with Crippen molar-refractivity contribution < 1.29 is 57.2 Å². The molecule has 0 aromatic rings. The number of carbonyl (C=O) groups excluding carboxylic acids is 2. The summed E-state index contributed by atoms with van der Waals surface area (Å²) >= 11 is 0. The fourth-order valence-corrected chi connectivity index (χ4v) is 15.1. The first-order valence-electron chi connectivity index (χ1n) is 33.2. The molecule has 6 rings (SSSR count). The Bertz CT molecular complexity index is 1620. The first kappa shape index (κ1) is 67.3. The normalized spacial score (nSPS) is 27.6. The molecule has 80 heavy (non-hydrogen) atoms. The summed E-state index contributed by atoms with van der Waals surface area (Å²) in [5.41, 5.74) is -2.04. The molecule has 0 amide bonds. The molecule has 0 radical (unpaired) electrons. The fourth-order valence-electron chi connectivity index (χ4n) is 15.1. The van der Waals surface area contributed by atoms with E-state index in [9.17, 15) is 9.59 Å². The Morgan fingerprint density at radius 3 is 0.950 bits per heavy atom. The maximum absolute atomic E-state index is 13.2. The first-order chi connectivity index (χ1) is 38.1. The molecule has 4 aliphatic heterocycles. The van der Waals surface area contributed by atoms with Crippen LogP contribution in [0.1, 0.15) is 289 Å². The number of hydrogen-bond donors (Lipinski definition) is 0. The Hall–Kier alpha value is -1.78. The summed E-state index contributed by atoms with van der Waals surface area (Å²) in [4.78, 5) is 39.4. The van der Waals surface area contributed by atoms with Crippen LogP contribution in [0.5, 0.6) is 0 Å². The molecule has 6 aliphatic rings. The van der Waals surface area contributed by atoms with E-state index in [1.165, 1.54) is 103 Å². The van der Waals surface area contributed by atoms with Crippen LogP contribution < -0.4 is 0 Å². The van der Waals surface area contributed by atoms with Crippen LogP contribution in [-0.2, 0) is 47.6 Å². The van der Waals surface area contributed by atoms with Gasteiger partial charge in [0, 0.05) is 47.8 Å². The number of ether oxygens (including phenoxy) is 8. The molecule has 14 heteroatoms. The summed E-state index contributed by atoms with van der Waals surface area (Å²) in [6, 6.07) is 0. The van der Waals surface area contributed by atoms with Gasteiger partial charge in [-0.25, -0.2) is 9.59 Å². The van der Waals surface area contributed by atoms with E-state index in [2.05, 4.69) is 93.2 Å². The van der Waals surface area contributed by atoms with Crippen molar-refractivity contribution in [1.29, 1.82) is 0 Å². The molecular weight excluding hydrogens is 1010 g/mol. The summed E-state index contributed by atoms with van der Waals surface area (Å²) in [7, 11) is 0. The van der Waals surface area contributed by atoms with Crippen molar-refractivity contribution in [3.05, 3.63) is 0 Å². The molecule has 2 spiro atoms. The van der Waals surface area contributed by atoms with Crippen LogP contribution in [0.2, 0.25) is 0 Å². The van der Waals surface area contributed by atoms with Crippen LogP contribution >= 0.6 is 0 Å². The Balaban J connectivity index is 0.826. The number of rotatable bonds is 31. The molecular formula is C66H120N2O12. The minimum absolute atomic E-state index is 0.146. The summed E-state index contributed by atoms with van der Waals surface area (Å²) in [6.45, 7) is 30.3. The van der Waals surface area contributed by atoms with Crippen molar-refractivity contribution >= 4 is 12.3 Å². The van der Waals surface area contributed by atoms with Crippen LogP contribution in [0.4, 0.5) is 9.59 Å². The van der Waals surface area contributed by atoms with Crippen molar-refractivity contribution in [2.75, 3.05) is 52.9 Å². The molecule has 0 bridgehead atoms. The minimum atomic E-state index is -0.720. The molecule has 6 fully saturated rings. The molecule has 2 saturated carbocycles. The van der Waals surface area contributed by atoms with E-state index in [-0.39, 0.29) is 47.6 Å². The van der Waals surface area contributed by atoms with Crippen LogP contribution in [-0.4, -0.2) is 121 Å². The van der Waals surface area contributed by atoms with Gasteiger partial charge in [-0.3, -0.25) is 9.68 Å². The number of hydroxylamine groups is 4. The zero-order chi connectivity index (χ0) is 58.0. The van der Waals surface area contributed by atoms with Crippen LogP contribution in [0.3, 0.4) is 0 Å². The van der Waals surface area contributed by atoms with Gasteiger partial charge in [-0.1, -0.05) is 130 Å². The monoisotopic (exact) mass is 1130 g/mol. The molecule has 0 unspecified atom stereocenters. The zero-order valence-electron chi connectivity index (χ0n) is 53.4. The largest absolute Gasteiger partial charge is 0.508 e. The van der Waals surface area contributed by atoms with E-state index in [0.717, 1.165) is 90.3 Å². The van der Waals surface area contributed by atoms with E-state index < -0.39 is 34.7 Å². The third-order valence-corrected chi connectivity index (χ3v) is 19.6. The standard InChI is InChI=1S/C66H120N2O12/c1-13-17-19-21-23-25-27-29-31-41-77-67-59(5,6)43-65(44-60(67,7)8)73-49-63(15-3,50-74-65)47-71-57(69)79-55-37-33-53(34-38-55)54-35-39-56(40-36-54)80-58(70)72-48-64(16-4)51-75-66(76-52-64)45-61(9,10)68(62(11,12)46-66)78-42-32-30-28-26-24-22-20-18-14-2/h53-56H,13-52H2,1-12H3. The Labute approximate surface area is 487 Å². The Morgan fingerprint density at radius 1 is 0.400 bits per heavy atom. The van der Waals surface area contributed by atoms with Gasteiger partial charge in [0.05, 0.1) is 50.5 Å². The molecule has 4 saturated heterocycles. The average Bonchev–Trinajstić information content (AvgIpc) is 3.58. The first-order valence-corrected chi connectivity index (χ1v) is 33.2. The lowest BCUT2D eigenvalue weighted by Crippen LogP contribution is -2.68. The summed E-state index contributed by atoms with van der Waals surface area (Å²) in [5.74, 6) is -0.304. The lowest BCUT2D eigenvalue weighted by atomic mass is 9.72. The fraction of sp³-hybridized carbons (Fsp3) is 0.970. The quantitative estimate of drug-likeness (QED) is 0.0482. The third-order valence-electron chi connectivity index (χ3n) is 19.6. The minimum Gasteiger partial charge on any atom is -0.434 e. The van der Waals surface area contributed by atoms with Crippen molar-refractivity contribution in [2.24, 2.45) is 22.7 Å². The molecule has 2 aliphatic carbocycles. The topological polar surface area (TPSA) is 133 Å². The van der Waals surface area contributed by atoms with Crippen molar-refractivity contribution in [2.45, 2.75) is 334 Å². The predicted octanol–water partition coefficient (Wildman–Crippen LogP) is 16.9. The molecule has 14 nitrogen and oxygen atoms in total. The van der Waals surface area contributed by atoms with Crippen LogP contribution in [0.25, 0.3) is 0 Å². The Morgan fingerprint density at radius 2 is 0.675 bits per heavy atom. The van der Waals surface area contributed by atoms with Crippen LogP contribution in [0.15, 0.2) is 0 Å². The van der Waals surface area contributed by atoms with Crippen molar-refractivity contribution in [1.82, 2.24) is 10.1 Å². The van der Waals surface area contributed by atoms with Gasteiger partial charge in [0.25, 0.3) is 0 Å². The molecule has 0 aromatic carbocycles. The number of nitrogens with zero attached hydrogens (tertiary/aromatic N) is 2. The van der Waals surface area contributed by atoms with Crippen LogP contribution in [0, 0.1) is 22.7 Å². The van der Waals surface area contributed by atoms with Gasteiger partial charge in [0.15, 0.2) is 11.6 Å². The summed E-state index contributed by atoms with van der Waals surface area (Å²) in [5, 5.41) is 4.41. The van der Waals surface area contributed by atoms with Crippen molar-refractivity contribution in [3.8, 4) is 0 Å². The van der Waals surface area contributed by atoms with Gasteiger partial charge in [0.2, 0.25) is 0 Å². The van der Waals surface area contributed by atoms with Gasteiger partial charge in [-0.2, -0.15) is 10.1 Å². The van der Waals surface area contributed by atoms with Gasteiger partial charge in [0.1, 0.15) is 25.4 Å². The van der Waals surface area contributed by atoms with Gasteiger partial charge >= 0.3 is 12.3 Å². The van der Waals surface area contributed by atoms with E-state index in [4.69, 9.17) is 47.6 Å². The number of piperidine rings is 2. The smallest absolute Gasteiger partial charge is 0.434 e. The molecule has 0 atom stereocenters. The van der Waals surface area contributed by atoms with Gasteiger partial charge in [-0.15, -0.1) is 0 Å². The molecule has 0 aromatic heterocycles. The van der Waals surface area contributed by atoms with E-state index in [1.807, 2.05) is 0 Å². The van der Waals surface area contributed by atoms with Crippen molar-refractivity contribution in [3.63, 3.8) is 0 Å².